The minimum atomic E-state index is -1.91. The van der Waals surface area contributed by atoms with Crippen LogP contribution in [0, 0.1) is 0 Å². The second-order valence-corrected chi connectivity index (χ2v) is 2.71. The molecule has 0 aromatic heterocycles. The normalized spacial score (nSPS) is 38.5. The van der Waals surface area contributed by atoms with E-state index in [1.54, 1.807) is 0 Å². The van der Waals surface area contributed by atoms with Gasteiger partial charge < -0.3 is 20.1 Å². The zero-order valence-electron chi connectivity index (χ0n) is 5.86. The van der Waals surface area contributed by atoms with Crippen molar-refractivity contribution in [2.75, 3.05) is 13.2 Å². The Bertz CT molecular complexity index is 168. The summed E-state index contributed by atoms with van der Waals surface area (Å²) in [7, 11) is 0. The van der Waals surface area contributed by atoms with Gasteiger partial charge in [0.1, 0.15) is 0 Å². The number of carboxylic acids is 1. The van der Waals surface area contributed by atoms with Crippen molar-refractivity contribution in [2.24, 2.45) is 0 Å². The summed E-state index contributed by atoms with van der Waals surface area (Å²) in [4.78, 5) is 10.4. The molecule has 0 aliphatic carbocycles. The predicted molar refractivity (Wildman–Crippen MR) is 34.0 cm³/mol. The van der Waals surface area contributed by atoms with E-state index in [0.717, 1.165) is 0 Å². The maximum Gasteiger partial charge on any atom is 0.338 e. The molecular weight excluding hydrogens is 152 g/mol. The number of carbonyl (C=O) groups is 1. The van der Waals surface area contributed by atoms with Gasteiger partial charge in [0.05, 0.1) is 19.3 Å². The van der Waals surface area contributed by atoms with Crippen LogP contribution in [0.5, 0.6) is 0 Å². The first-order valence-electron chi connectivity index (χ1n) is 3.26. The molecule has 0 amide bonds. The zero-order chi connectivity index (χ0) is 8.48. The third kappa shape index (κ3) is 1.68. The molecule has 2 atom stereocenters. The van der Waals surface area contributed by atoms with E-state index in [1.807, 2.05) is 0 Å². The Labute approximate surface area is 63.2 Å². The highest BCUT2D eigenvalue weighted by atomic mass is 16.5. The Kier molecular flexibility index (Phi) is 2.12. The molecule has 1 aliphatic heterocycles. The molecule has 0 radical (unpaired) electrons. The van der Waals surface area contributed by atoms with Crippen molar-refractivity contribution in [3.8, 4) is 0 Å². The van der Waals surface area contributed by atoms with Crippen LogP contribution in [0.3, 0.4) is 0 Å². The molecule has 1 fully saturated rings. The number of hydrogen-bond acceptors (Lipinski definition) is 4. The van der Waals surface area contributed by atoms with Crippen LogP contribution in [-0.2, 0) is 9.53 Å². The molecule has 1 rings (SSSR count). The minimum Gasteiger partial charge on any atom is -0.479 e. The van der Waals surface area contributed by atoms with E-state index in [-0.39, 0.29) is 19.6 Å². The predicted octanol–water partition coefficient (Wildman–Crippen LogP) is -1.42. The van der Waals surface area contributed by atoms with E-state index in [1.165, 1.54) is 0 Å². The van der Waals surface area contributed by atoms with Crippen molar-refractivity contribution >= 4 is 5.97 Å². The van der Waals surface area contributed by atoms with Gasteiger partial charge in [0.25, 0.3) is 0 Å². The molecule has 5 heteroatoms. The molecule has 0 aromatic carbocycles. The molecule has 0 saturated carbocycles. The lowest BCUT2D eigenvalue weighted by molar-refractivity contribution is -0.182. The highest BCUT2D eigenvalue weighted by molar-refractivity contribution is 5.77. The molecule has 1 aliphatic rings. The van der Waals surface area contributed by atoms with Gasteiger partial charge >= 0.3 is 5.97 Å². The fraction of sp³-hybridized carbons (Fsp3) is 0.833. The smallest absolute Gasteiger partial charge is 0.338 e. The zero-order valence-corrected chi connectivity index (χ0v) is 5.86. The molecule has 64 valence electrons. The quantitative estimate of drug-likeness (QED) is 0.440. The van der Waals surface area contributed by atoms with Crippen LogP contribution in [0.25, 0.3) is 0 Å². The van der Waals surface area contributed by atoms with Crippen LogP contribution in [0.4, 0.5) is 0 Å². The highest BCUT2D eigenvalue weighted by Gasteiger charge is 2.41. The topological polar surface area (TPSA) is 87.0 Å². The number of ether oxygens (including phenoxy) is 1. The average Bonchev–Trinajstić information content (AvgIpc) is 1.86. The van der Waals surface area contributed by atoms with Crippen LogP contribution < -0.4 is 0 Å². The Morgan fingerprint density at radius 3 is 2.64 bits per heavy atom. The maximum atomic E-state index is 10.4. The first-order valence-corrected chi connectivity index (χ1v) is 3.26. The monoisotopic (exact) mass is 162 g/mol. The van der Waals surface area contributed by atoms with Crippen LogP contribution in [-0.4, -0.2) is 46.2 Å². The van der Waals surface area contributed by atoms with Gasteiger partial charge in [-0.1, -0.05) is 0 Å². The standard InChI is InChI=1S/C6H10O5/c7-4-1-6(10,5(8)9)3-11-2-4/h4,7,10H,1-3H2,(H,8,9). The van der Waals surface area contributed by atoms with Gasteiger partial charge in [-0.05, 0) is 0 Å². The van der Waals surface area contributed by atoms with Crippen molar-refractivity contribution in [1.29, 1.82) is 0 Å². The second kappa shape index (κ2) is 2.77. The lowest BCUT2D eigenvalue weighted by Gasteiger charge is -2.30. The van der Waals surface area contributed by atoms with E-state index in [0.29, 0.717) is 0 Å². The molecule has 11 heavy (non-hydrogen) atoms. The van der Waals surface area contributed by atoms with Crippen molar-refractivity contribution in [1.82, 2.24) is 0 Å². The Hall–Kier alpha value is -0.650. The molecule has 5 nitrogen and oxygen atoms in total. The van der Waals surface area contributed by atoms with Gasteiger partial charge in [0, 0.05) is 6.42 Å². The van der Waals surface area contributed by atoms with E-state index in [9.17, 15) is 9.90 Å². The minimum absolute atomic E-state index is 0.0928. The van der Waals surface area contributed by atoms with Gasteiger partial charge in [0.15, 0.2) is 5.60 Å². The Balaban J connectivity index is 2.63. The summed E-state index contributed by atoms with van der Waals surface area (Å²) >= 11 is 0. The van der Waals surface area contributed by atoms with Crippen LogP contribution in [0.2, 0.25) is 0 Å². The number of carboxylic acid groups (broad SMARTS) is 1. The molecule has 3 N–H and O–H groups in total. The summed E-state index contributed by atoms with van der Waals surface area (Å²) in [5.41, 5.74) is -1.91. The Morgan fingerprint density at radius 1 is 1.64 bits per heavy atom. The second-order valence-electron chi connectivity index (χ2n) is 2.71. The molecular formula is C6H10O5. The van der Waals surface area contributed by atoms with Crippen molar-refractivity contribution < 1.29 is 24.9 Å². The maximum absolute atomic E-state index is 10.4. The lowest BCUT2D eigenvalue weighted by atomic mass is 9.95. The molecule has 1 heterocycles. The number of aliphatic hydroxyl groups excluding tert-OH is 1. The van der Waals surface area contributed by atoms with Gasteiger partial charge in [-0.25, -0.2) is 4.79 Å². The number of hydrogen-bond donors (Lipinski definition) is 3. The van der Waals surface area contributed by atoms with Crippen LogP contribution in [0.15, 0.2) is 0 Å². The third-order valence-corrected chi connectivity index (χ3v) is 1.62. The molecule has 2 unspecified atom stereocenters. The van der Waals surface area contributed by atoms with Crippen molar-refractivity contribution in [2.45, 2.75) is 18.1 Å². The lowest BCUT2D eigenvalue weighted by Crippen LogP contribution is -2.50. The summed E-state index contributed by atoms with van der Waals surface area (Å²) in [6.45, 7) is -0.158. The van der Waals surface area contributed by atoms with E-state index in [4.69, 9.17) is 10.2 Å². The molecule has 1 saturated heterocycles. The number of aliphatic carboxylic acids is 1. The Morgan fingerprint density at radius 2 is 2.27 bits per heavy atom. The first-order chi connectivity index (χ1) is 5.04. The molecule has 0 spiro atoms. The van der Waals surface area contributed by atoms with E-state index in [2.05, 4.69) is 4.74 Å². The molecule has 0 bridgehead atoms. The fourth-order valence-corrected chi connectivity index (χ4v) is 1.02. The van der Waals surface area contributed by atoms with Crippen molar-refractivity contribution in [3.05, 3.63) is 0 Å². The van der Waals surface area contributed by atoms with Crippen molar-refractivity contribution in [3.63, 3.8) is 0 Å². The largest absolute Gasteiger partial charge is 0.479 e. The van der Waals surface area contributed by atoms with Gasteiger partial charge in [0.2, 0.25) is 0 Å². The van der Waals surface area contributed by atoms with E-state index < -0.39 is 17.7 Å². The van der Waals surface area contributed by atoms with Gasteiger partial charge in [-0.3, -0.25) is 0 Å². The molecule has 0 aromatic rings. The number of aliphatic hydroxyl groups is 2. The van der Waals surface area contributed by atoms with Crippen LogP contribution >= 0.6 is 0 Å². The summed E-state index contributed by atoms with van der Waals surface area (Å²) < 4.78 is 4.68. The van der Waals surface area contributed by atoms with Gasteiger partial charge in [-0.2, -0.15) is 0 Å². The summed E-state index contributed by atoms with van der Waals surface area (Å²) in [5, 5.41) is 26.7. The summed E-state index contributed by atoms with van der Waals surface area (Å²) in [5.74, 6) is -1.35. The summed E-state index contributed by atoms with van der Waals surface area (Å²) in [6, 6.07) is 0. The fourth-order valence-electron chi connectivity index (χ4n) is 1.02. The number of rotatable bonds is 1. The van der Waals surface area contributed by atoms with E-state index >= 15 is 0 Å². The first kappa shape index (κ1) is 8.45. The van der Waals surface area contributed by atoms with Gasteiger partial charge in [-0.15, -0.1) is 0 Å². The summed E-state index contributed by atoms with van der Waals surface area (Å²) in [6.07, 6.45) is -1.05. The average molecular weight is 162 g/mol. The van der Waals surface area contributed by atoms with Crippen LogP contribution in [0.1, 0.15) is 6.42 Å². The highest BCUT2D eigenvalue weighted by Crippen LogP contribution is 2.19. The third-order valence-electron chi connectivity index (χ3n) is 1.62. The SMILES string of the molecule is O=C(O)C1(O)COCC(O)C1.